The first-order chi connectivity index (χ1) is 15.0. The van der Waals surface area contributed by atoms with Crippen molar-refractivity contribution in [3.05, 3.63) is 16.9 Å². The van der Waals surface area contributed by atoms with Crippen molar-refractivity contribution >= 4 is 5.97 Å². The van der Waals surface area contributed by atoms with Gasteiger partial charge in [0.1, 0.15) is 6.61 Å². The third kappa shape index (κ3) is 2.99. The number of nitrogens with zero attached hydrogens (tertiary/aromatic N) is 1. The fraction of sp³-hybridized carbons (Fsp3) is 0.870. The fourth-order valence-electron chi connectivity index (χ4n) is 8.66. The molecule has 5 rings (SSSR count). The highest BCUT2D eigenvalue weighted by molar-refractivity contribution is 5.85. The van der Waals surface area contributed by atoms with Gasteiger partial charge in [-0.1, -0.05) is 6.92 Å². The van der Waals surface area contributed by atoms with Gasteiger partial charge in [-0.25, -0.2) is 4.79 Å². The Labute approximate surface area is 187 Å². The normalized spacial score (nSPS) is 50.5. The lowest BCUT2D eigenvalue weighted by Gasteiger charge is -2.66. The zero-order valence-corrected chi connectivity index (χ0v) is 18.5. The number of ether oxygens (including phenoxy) is 1. The summed E-state index contributed by atoms with van der Waals surface area (Å²) < 4.78 is 5.16. The highest BCUT2D eigenvalue weighted by Crippen LogP contribution is 2.70. The highest BCUT2D eigenvalue weighted by Gasteiger charge is 2.71. The Bertz CT molecular complexity index is 818. The molecule has 4 fully saturated rings. The number of carbonyl (C=O) groups excluding carboxylic acids is 1. The van der Waals surface area contributed by atoms with E-state index in [1.807, 2.05) is 0 Å². The van der Waals surface area contributed by atoms with Gasteiger partial charge in [0.15, 0.2) is 0 Å². The first-order valence-electron chi connectivity index (χ1n) is 11.8. The van der Waals surface area contributed by atoms with Gasteiger partial charge in [-0.3, -0.25) is 4.84 Å². The molecule has 1 heterocycles. The van der Waals surface area contributed by atoms with E-state index in [0.29, 0.717) is 38.5 Å². The van der Waals surface area contributed by atoms with Gasteiger partial charge in [-0.05, 0) is 74.7 Å². The molecule has 4 N–H and O–H groups in total. The SMILES string of the molecule is C[C@]12CC[C@H]3[C@@H](CC[C@]4(O)C[C@@H](O)CC[C@]34CON([O-])O)[C@@]1(O)CC[C@@H]2C1=CC(=O)OC1. The number of hydrogen-bond acceptors (Lipinski definition) is 9. The minimum Gasteiger partial charge on any atom is -0.738 e. The van der Waals surface area contributed by atoms with Gasteiger partial charge >= 0.3 is 5.97 Å². The maximum absolute atomic E-state index is 12.2. The maximum atomic E-state index is 12.2. The summed E-state index contributed by atoms with van der Waals surface area (Å²) in [4.78, 5) is 16.7. The Kier molecular flexibility index (Phi) is 5.30. The zero-order chi connectivity index (χ0) is 22.9. The maximum Gasteiger partial charge on any atom is 0.331 e. The van der Waals surface area contributed by atoms with Crippen molar-refractivity contribution in [3.8, 4) is 0 Å². The summed E-state index contributed by atoms with van der Waals surface area (Å²) in [5.74, 6) is -0.474. The highest BCUT2D eigenvalue weighted by atomic mass is 17.1. The molecular formula is C23H34NO8-. The van der Waals surface area contributed by atoms with Crippen molar-refractivity contribution in [1.82, 2.24) is 5.39 Å². The molecule has 0 aromatic heterocycles. The molecular weight excluding hydrogens is 418 g/mol. The summed E-state index contributed by atoms with van der Waals surface area (Å²) in [7, 11) is 0. The van der Waals surface area contributed by atoms with Crippen molar-refractivity contribution in [1.29, 1.82) is 0 Å². The van der Waals surface area contributed by atoms with Gasteiger partial charge < -0.3 is 30.5 Å². The molecule has 8 atom stereocenters. The number of aliphatic hydroxyl groups is 3. The summed E-state index contributed by atoms with van der Waals surface area (Å²) in [5.41, 5.74) is -2.49. The van der Waals surface area contributed by atoms with E-state index in [2.05, 4.69) is 6.92 Å². The Morgan fingerprint density at radius 1 is 1.16 bits per heavy atom. The Morgan fingerprint density at radius 3 is 2.59 bits per heavy atom. The topological polar surface area (TPSA) is 143 Å². The van der Waals surface area contributed by atoms with Crippen LogP contribution in [0.1, 0.15) is 64.7 Å². The Morgan fingerprint density at radius 2 is 1.91 bits per heavy atom. The zero-order valence-electron chi connectivity index (χ0n) is 18.5. The number of rotatable bonds is 4. The van der Waals surface area contributed by atoms with Gasteiger partial charge in [-0.2, -0.15) is 0 Å². The van der Waals surface area contributed by atoms with E-state index in [9.17, 15) is 25.3 Å². The van der Waals surface area contributed by atoms with Crippen molar-refractivity contribution in [2.75, 3.05) is 13.2 Å². The van der Waals surface area contributed by atoms with Crippen LogP contribution in [0.4, 0.5) is 0 Å². The molecule has 0 aromatic carbocycles. The smallest absolute Gasteiger partial charge is 0.331 e. The summed E-state index contributed by atoms with van der Waals surface area (Å²) in [6, 6.07) is 0. The Balaban J connectivity index is 1.50. The lowest BCUT2D eigenvalue weighted by Crippen LogP contribution is -2.69. The molecule has 0 amide bonds. The van der Waals surface area contributed by atoms with E-state index in [-0.39, 0.29) is 43.4 Å². The second-order valence-corrected chi connectivity index (χ2v) is 11.1. The molecule has 9 nitrogen and oxygen atoms in total. The predicted octanol–water partition coefficient (Wildman–Crippen LogP) is 1.82. The molecule has 4 aliphatic carbocycles. The van der Waals surface area contributed by atoms with Crippen LogP contribution in [-0.4, -0.2) is 62.4 Å². The van der Waals surface area contributed by atoms with Crippen LogP contribution in [0.15, 0.2) is 11.6 Å². The van der Waals surface area contributed by atoms with E-state index in [0.717, 1.165) is 18.4 Å². The third-order valence-electron chi connectivity index (χ3n) is 10.2. The lowest BCUT2D eigenvalue weighted by molar-refractivity contribution is -0.349. The molecule has 0 unspecified atom stereocenters. The average Bonchev–Trinajstić information content (AvgIpc) is 3.26. The van der Waals surface area contributed by atoms with E-state index >= 15 is 0 Å². The van der Waals surface area contributed by atoms with E-state index in [1.54, 1.807) is 6.08 Å². The van der Waals surface area contributed by atoms with Crippen LogP contribution in [0.2, 0.25) is 0 Å². The molecule has 4 saturated carbocycles. The average molecular weight is 453 g/mol. The van der Waals surface area contributed by atoms with Crippen LogP contribution in [0, 0.1) is 33.8 Å². The molecule has 1 aliphatic heterocycles. The van der Waals surface area contributed by atoms with Crippen LogP contribution in [-0.2, 0) is 14.4 Å². The molecule has 180 valence electrons. The van der Waals surface area contributed by atoms with Gasteiger partial charge in [0.25, 0.3) is 0 Å². The van der Waals surface area contributed by atoms with Crippen molar-refractivity contribution < 1.29 is 34.9 Å². The molecule has 0 radical (unpaired) electrons. The second kappa shape index (κ2) is 7.46. The molecule has 0 bridgehead atoms. The van der Waals surface area contributed by atoms with Gasteiger partial charge in [0.05, 0.1) is 23.9 Å². The van der Waals surface area contributed by atoms with Crippen LogP contribution < -0.4 is 0 Å². The molecule has 0 aromatic rings. The summed E-state index contributed by atoms with van der Waals surface area (Å²) in [5, 5.41) is 54.1. The first kappa shape index (κ1) is 22.7. The molecule has 32 heavy (non-hydrogen) atoms. The number of fused-ring (bicyclic) bond motifs is 5. The van der Waals surface area contributed by atoms with E-state index in [4.69, 9.17) is 14.8 Å². The number of hydrogen-bond donors (Lipinski definition) is 4. The first-order valence-corrected chi connectivity index (χ1v) is 11.8. The minimum atomic E-state index is -1.22. The van der Waals surface area contributed by atoms with Crippen LogP contribution in [0.3, 0.4) is 0 Å². The summed E-state index contributed by atoms with van der Waals surface area (Å²) in [6.45, 7) is 2.25. The standard InChI is InChI=1S/C23H34NO8/c1-20-6-3-17-18(23(20,28)9-5-16(20)14-10-19(26)31-12-14)4-8-22(27)11-15(25)2-7-21(17,22)13-32-24(29)30/h10,15-18,25,27-29H,2-9,11-13H2,1H3/q-1/t15-,16+,17-,18+,20+,21-,22-,23-/m0/s1. The predicted molar refractivity (Wildman–Crippen MR) is 110 cm³/mol. The fourth-order valence-corrected chi connectivity index (χ4v) is 8.66. The van der Waals surface area contributed by atoms with Gasteiger partial charge in [0.2, 0.25) is 0 Å². The van der Waals surface area contributed by atoms with E-state index in [1.165, 1.54) is 0 Å². The Hall–Kier alpha value is -1.07. The number of carbonyl (C=O) groups is 1. The van der Waals surface area contributed by atoms with Crippen molar-refractivity contribution in [2.24, 2.45) is 28.6 Å². The van der Waals surface area contributed by atoms with E-state index < -0.39 is 33.5 Å². The molecule has 0 spiro atoms. The summed E-state index contributed by atoms with van der Waals surface area (Å²) >= 11 is 0. The molecule has 9 heteroatoms. The van der Waals surface area contributed by atoms with Crippen LogP contribution in [0.5, 0.6) is 0 Å². The molecule has 0 saturated heterocycles. The van der Waals surface area contributed by atoms with Crippen molar-refractivity contribution in [3.63, 3.8) is 0 Å². The quantitative estimate of drug-likeness (QED) is 0.371. The monoisotopic (exact) mass is 452 g/mol. The number of aliphatic hydroxyl groups excluding tert-OH is 1. The largest absolute Gasteiger partial charge is 0.738 e. The van der Waals surface area contributed by atoms with Gasteiger partial charge in [0, 0.05) is 23.3 Å². The number of cyclic esters (lactones) is 1. The van der Waals surface area contributed by atoms with Crippen LogP contribution in [0.25, 0.3) is 0 Å². The number of esters is 1. The second-order valence-electron chi connectivity index (χ2n) is 11.1. The minimum absolute atomic E-state index is 0.0654. The third-order valence-corrected chi connectivity index (χ3v) is 10.2. The van der Waals surface area contributed by atoms with Crippen LogP contribution >= 0.6 is 0 Å². The summed E-state index contributed by atoms with van der Waals surface area (Å²) in [6.07, 6.45) is 5.92. The van der Waals surface area contributed by atoms with Gasteiger partial charge in [-0.15, -0.1) is 5.39 Å². The lowest BCUT2D eigenvalue weighted by atomic mass is 9.41. The van der Waals surface area contributed by atoms with Crippen molar-refractivity contribution in [2.45, 2.75) is 82.0 Å². The molecule has 5 aliphatic rings.